The number of nitrogens with zero attached hydrogens (tertiary/aromatic N) is 3. The van der Waals surface area contributed by atoms with E-state index in [-0.39, 0.29) is 5.82 Å². The van der Waals surface area contributed by atoms with E-state index in [1.54, 1.807) is 34.2 Å². The van der Waals surface area contributed by atoms with Crippen LogP contribution in [0.25, 0.3) is 27.0 Å². The van der Waals surface area contributed by atoms with Gasteiger partial charge in [0.15, 0.2) is 5.65 Å². The predicted octanol–water partition coefficient (Wildman–Crippen LogP) is 4.12. The molecule has 0 aliphatic heterocycles. The Bertz CT molecular complexity index is 1030. The van der Waals surface area contributed by atoms with E-state index in [4.69, 9.17) is 12.2 Å². The number of hydrogen-bond acceptors (Lipinski definition) is 4. The summed E-state index contributed by atoms with van der Waals surface area (Å²) < 4.78 is 15.4. The molecule has 0 bridgehead atoms. The van der Waals surface area contributed by atoms with Gasteiger partial charge in [-0.05, 0) is 36.8 Å². The summed E-state index contributed by atoms with van der Waals surface area (Å²) in [7, 11) is 0. The van der Waals surface area contributed by atoms with Crippen LogP contribution in [-0.2, 0) is 0 Å². The van der Waals surface area contributed by atoms with Crippen molar-refractivity contribution in [3.8, 4) is 11.1 Å². The van der Waals surface area contributed by atoms with Gasteiger partial charge in [0.2, 0.25) is 4.77 Å². The van der Waals surface area contributed by atoms with Crippen LogP contribution in [0.15, 0.2) is 30.6 Å². The van der Waals surface area contributed by atoms with Crippen LogP contribution in [0.3, 0.4) is 0 Å². The first-order valence-electron chi connectivity index (χ1n) is 6.26. The monoisotopic (exact) mass is 316 g/mol. The van der Waals surface area contributed by atoms with Gasteiger partial charge in [0.25, 0.3) is 0 Å². The number of aromatic nitrogens is 4. The zero-order valence-corrected chi connectivity index (χ0v) is 12.6. The number of rotatable bonds is 1. The molecule has 0 amide bonds. The number of aromatic amines is 1. The molecule has 3 aromatic heterocycles. The highest BCUT2D eigenvalue weighted by Gasteiger charge is 2.16. The minimum absolute atomic E-state index is 0.249. The fourth-order valence-electron chi connectivity index (χ4n) is 2.49. The van der Waals surface area contributed by atoms with Crippen LogP contribution in [0.1, 0.15) is 4.88 Å². The molecule has 1 N–H and O–H groups in total. The van der Waals surface area contributed by atoms with Gasteiger partial charge >= 0.3 is 0 Å². The third kappa shape index (κ3) is 1.81. The Kier molecular flexibility index (Phi) is 2.66. The molecule has 0 aliphatic rings. The number of halogens is 1. The number of hydrogen-bond donors (Lipinski definition) is 1. The molecule has 0 atom stereocenters. The van der Waals surface area contributed by atoms with E-state index in [1.807, 2.05) is 6.92 Å². The smallest absolute Gasteiger partial charge is 0.200 e. The summed E-state index contributed by atoms with van der Waals surface area (Å²) >= 11 is 6.79. The Hall–Kier alpha value is -2.12. The van der Waals surface area contributed by atoms with Crippen LogP contribution in [-0.4, -0.2) is 19.6 Å². The molecule has 7 heteroatoms. The maximum Gasteiger partial charge on any atom is 0.200 e. The number of fused-ring (bicyclic) bond motifs is 3. The standard InChI is InChI=1S/C14H9FN4S2/c1-7-10(8-2-4-9(15)5-3-8)11-12-17-18-14(20)19(12)6-16-13(11)21-7/h2-6H,1H3,(H,18,20). The lowest BCUT2D eigenvalue weighted by molar-refractivity contribution is 0.628. The first kappa shape index (κ1) is 12.6. The maximum absolute atomic E-state index is 13.2. The normalized spacial score (nSPS) is 11.5. The third-order valence-electron chi connectivity index (χ3n) is 3.42. The summed E-state index contributed by atoms with van der Waals surface area (Å²) in [5.41, 5.74) is 2.72. The van der Waals surface area contributed by atoms with Crippen molar-refractivity contribution < 1.29 is 4.39 Å². The maximum atomic E-state index is 13.2. The summed E-state index contributed by atoms with van der Waals surface area (Å²) in [6.07, 6.45) is 1.67. The number of H-pyrrole nitrogens is 1. The lowest BCUT2D eigenvalue weighted by Gasteiger charge is -2.02. The van der Waals surface area contributed by atoms with Crippen molar-refractivity contribution >= 4 is 39.4 Å². The Morgan fingerprint density at radius 2 is 2.05 bits per heavy atom. The van der Waals surface area contributed by atoms with Crippen molar-refractivity contribution in [3.63, 3.8) is 0 Å². The quantitative estimate of drug-likeness (QED) is 0.537. The lowest BCUT2D eigenvalue weighted by Crippen LogP contribution is -1.89. The van der Waals surface area contributed by atoms with Crippen LogP contribution >= 0.6 is 23.6 Å². The summed E-state index contributed by atoms with van der Waals surface area (Å²) in [6, 6.07) is 6.47. The topological polar surface area (TPSA) is 46.0 Å². The van der Waals surface area contributed by atoms with Crippen molar-refractivity contribution in [3.05, 3.63) is 46.1 Å². The highest BCUT2D eigenvalue weighted by Crippen LogP contribution is 2.38. The summed E-state index contributed by atoms with van der Waals surface area (Å²) in [5, 5.41) is 8.03. The molecule has 0 fully saturated rings. The molecule has 4 aromatic rings. The minimum atomic E-state index is -0.249. The molecular formula is C14H9FN4S2. The molecule has 104 valence electrons. The van der Waals surface area contributed by atoms with Crippen LogP contribution in [0.2, 0.25) is 0 Å². The molecule has 4 rings (SSSR count). The van der Waals surface area contributed by atoms with E-state index < -0.39 is 0 Å². The Balaban J connectivity index is 2.17. The minimum Gasteiger partial charge on any atom is -0.258 e. The van der Waals surface area contributed by atoms with Crippen LogP contribution in [0.5, 0.6) is 0 Å². The average molecular weight is 316 g/mol. The zero-order valence-electron chi connectivity index (χ0n) is 10.9. The number of benzene rings is 1. The second-order valence-electron chi connectivity index (χ2n) is 4.69. The predicted molar refractivity (Wildman–Crippen MR) is 83.7 cm³/mol. The summed E-state index contributed by atoms with van der Waals surface area (Å²) in [6.45, 7) is 2.03. The van der Waals surface area contributed by atoms with Gasteiger partial charge in [-0.15, -0.1) is 11.3 Å². The molecular weight excluding hydrogens is 307 g/mol. The Morgan fingerprint density at radius 1 is 1.29 bits per heavy atom. The molecule has 0 saturated carbocycles. The lowest BCUT2D eigenvalue weighted by atomic mass is 10.0. The van der Waals surface area contributed by atoms with Gasteiger partial charge in [-0.2, -0.15) is 5.10 Å². The van der Waals surface area contributed by atoms with Crippen molar-refractivity contribution in [1.29, 1.82) is 0 Å². The number of nitrogens with one attached hydrogen (secondary N) is 1. The number of thiophene rings is 1. The van der Waals surface area contributed by atoms with Crippen molar-refractivity contribution in [2.24, 2.45) is 0 Å². The van der Waals surface area contributed by atoms with Crippen LogP contribution in [0.4, 0.5) is 4.39 Å². The molecule has 3 heterocycles. The molecule has 0 aliphatic carbocycles. The van der Waals surface area contributed by atoms with Gasteiger partial charge in [-0.1, -0.05) is 12.1 Å². The fraction of sp³-hybridized carbons (Fsp3) is 0.0714. The summed E-state index contributed by atoms with van der Waals surface area (Å²) in [5.74, 6) is -0.249. The van der Waals surface area contributed by atoms with E-state index in [1.165, 1.54) is 12.1 Å². The molecule has 21 heavy (non-hydrogen) atoms. The average Bonchev–Trinajstić information content (AvgIpc) is 3.00. The second kappa shape index (κ2) is 4.44. The molecule has 1 aromatic carbocycles. The van der Waals surface area contributed by atoms with Crippen molar-refractivity contribution in [2.75, 3.05) is 0 Å². The molecule has 0 spiro atoms. The van der Waals surface area contributed by atoms with Gasteiger partial charge in [-0.25, -0.2) is 9.37 Å². The van der Waals surface area contributed by atoms with E-state index in [2.05, 4.69) is 15.2 Å². The van der Waals surface area contributed by atoms with Gasteiger partial charge in [0.1, 0.15) is 17.0 Å². The second-order valence-corrected chi connectivity index (χ2v) is 6.28. The molecule has 0 unspecified atom stereocenters. The first-order chi connectivity index (χ1) is 10.1. The SMILES string of the molecule is Cc1sc2ncn3c(=S)[nH]nc3c2c1-c1ccc(F)cc1. The highest BCUT2D eigenvalue weighted by molar-refractivity contribution is 7.71. The Morgan fingerprint density at radius 3 is 2.81 bits per heavy atom. The first-order valence-corrected chi connectivity index (χ1v) is 7.48. The van der Waals surface area contributed by atoms with Gasteiger partial charge in [0, 0.05) is 10.4 Å². The van der Waals surface area contributed by atoms with Gasteiger partial charge in [-0.3, -0.25) is 9.50 Å². The highest BCUT2D eigenvalue weighted by atomic mass is 32.1. The van der Waals surface area contributed by atoms with Gasteiger partial charge < -0.3 is 0 Å². The Labute approximate surface area is 127 Å². The van der Waals surface area contributed by atoms with Crippen LogP contribution in [0, 0.1) is 17.5 Å². The van der Waals surface area contributed by atoms with E-state index in [0.717, 1.165) is 31.9 Å². The molecule has 0 radical (unpaired) electrons. The van der Waals surface area contributed by atoms with Crippen molar-refractivity contribution in [1.82, 2.24) is 19.6 Å². The van der Waals surface area contributed by atoms with E-state index in [0.29, 0.717) is 4.77 Å². The zero-order chi connectivity index (χ0) is 14.6. The largest absolute Gasteiger partial charge is 0.258 e. The molecule has 0 saturated heterocycles. The summed E-state index contributed by atoms with van der Waals surface area (Å²) in [4.78, 5) is 6.46. The van der Waals surface area contributed by atoms with E-state index in [9.17, 15) is 4.39 Å². The van der Waals surface area contributed by atoms with Gasteiger partial charge in [0.05, 0.1) is 5.39 Å². The molecule has 4 nitrogen and oxygen atoms in total. The fourth-order valence-corrected chi connectivity index (χ4v) is 3.68. The third-order valence-corrected chi connectivity index (χ3v) is 4.72. The van der Waals surface area contributed by atoms with E-state index >= 15 is 0 Å². The number of aryl methyl sites for hydroxylation is 1. The van der Waals surface area contributed by atoms with Crippen LogP contribution < -0.4 is 0 Å². The van der Waals surface area contributed by atoms with Crippen molar-refractivity contribution in [2.45, 2.75) is 6.92 Å².